The molecule has 0 radical (unpaired) electrons. The molecule has 1 amide bonds. The SMILES string of the molecule is CS(=O)(=O)c1ccc(F)c(C(=O)N(CCc2ccccc2)c2ccccc2)c1. The van der Waals surface area contributed by atoms with Crippen molar-refractivity contribution in [2.45, 2.75) is 11.3 Å². The number of carbonyl (C=O) groups is 1. The predicted molar refractivity (Wildman–Crippen MR) is 108 cm³/mol. The van der Waals surface area contributed by atoms with Crippen molar-refractivity contribution < 1.29 is 17.6 Å². The maximum absolute atomic E-state index is 14.4. The van der Waals surface area contributed by atoms with E-state index in [4.69, 9.17) is 0 Å². The molecule has 0 saturated heterocycles. The number of hydrogen-bond donors (Lipinski definition) is 0. The third-order valence-electron chi connectivity index (χ3n) is 4.38. The first-order chi connectivity index (χ1) is 13.4. The Kier molecular flexibility index (Phi) is 5.90. The van der Waals surface area contributed by atoms with Gasteiger partial charge in [0.15, 0.2) is 9.84 Å². The fraction of sp³-hybridized carbons (Fsp3) is 0.136. The fourth-order valence-electron chi connectivity index (χ4n) is 2.89. The first-order valence-electron chi connectivity index (χ1n) is 8.77. The maximum Gasteiger partial charge on any atom is 0.261 e. The Balaban J connectivity index is 1.97. The Hall–Kier alpha value is -2.99. The molecule has 0 saturated carbocycles. The van der Waals surface area contributed by atoms with Crippen LogP contribution in [0.15, 0.2) is 83.8 Å². The average Bonchev–Trinajstić information content (AvgIpc) is 2.69. The summed E-state index contributed by atoms with van der Waals surface area (Å²) in [6.07, 6.45) is 1.60. The Morgan fingerprint density at radius 1 is 0.929 bits per heavy atom. The Morgan fingerprint density at radius 3 is 2.14 bits per heavy atom. The van der Waals surface area contributed by atoms with E-state index in [1.807, 2.05) is 36.4 Å². The molecule has 0 aliphatic heterocycles. The lowest BCUT2D eigenvalue weighted by atomic mass is 10.1. The third-order valence-corrected chi connectivity index (χ3v) is 5.49. The largest absolute Gasteiger partial charge is 0.308 e. The molecular weight excluding hydrogens is 377 g/mol. The van der Waals surface area contributed by atoms with Crippen molar-refractivity contribution in [2.24, 2.45) is 0 Å². The second-order valence-corrected chi connectivity index (χ2v) is 8.46. The number of anilines is 1. The summed E-state index contributed by atoms with van der Waals surface area (Å²) in [5, 5.41) is 0. The second kappa shape index (κ2) is 8.35. The van der Waals surface area contributed by atoms with Crippen molar-refractivity contribution >= 4 is 21.4 Å². The number of benzene rings is 3. The highest BCUT2D eigenvalue weighted by molar-refractivity contribution is 7.90. The topological polar surface area (TPSA) is 54.5 Å². The minimum atomic E-state index is -3.56. The molecule has 3 aromatic rings. The van der Waals surface area contributed by atoms with Gasteiger partial charge >= 0.3 is 0 Å². The predicted octanol–water partition coefficient (Wildman–Crippen LogP) is 4.12. The molecule has 0 aliphatic rings. The van der Waals surface area contributed by atoms with Crippen LogP contribution >= 0.6 is 0 Å². The molecule has 0 unspecified atom stereocenters. The summed E-state index contributed by atoms with van der Waals surface area (Å²) in [6.45, 7) is 0.329. The van der Waals surface area contributed by atoms with E-state index in [1.54, 1.807) is 24.3 Å². The monoisotopic (exact) mass is 397 g/mol. The molecule has 0 spiro atoms. The lowest BCUT2D eigenvalue weighted by Crippen LogP contribution is -2.33. The Morgan fingerprint density at radius 2 is 1.54 bits per heavy atom. The number of hydrogen-bond acceptors (Lipinski definition) is 3. The van der Waals surface area contributed by atoms with Gasteiger partial charge < -0.3 is 4.90 Å². The van der Waals surface area contributed by atoms with Crippen LogP contribution in [0.25, 0.3) is 0 Å². The normalized spacial score (nSPS) is 11.2. The molecule has 28 heavy (non-hydrogen) atoms. The summed E-state index contributed by atoms with van der Waals surface area (Å²) in [6, 6.07) is 21.9. The quantitative estimate of drug-likeness (QED) is 0.588. The zero-order chi connectivity index (χ0) is 20.1. The van der Waals surface area contributed by atoms with Crippen molar-refractivity contribution in [3.05, 3.63) is 95.8 Å². The molecule has 0 aliphatic carbocycles. The molecule has 0 fully saturated rings. The molecule has 0 aromatic heterocycles. The molecule has 0 bridgehead atoms. The minimum absolute atomic E-state index is 0.0895. The van der Waals surface area contributed by atoms with E-state index in [0.29, 0.717) is 18.7 Å². The fourth-order valence-corrected chi connectivity index (χ4v) is 3.53. The van der Waals surface area contributed by atoms with Gasteiger partial charge in [0.25, 0.3) is 5.91 Å². The van der Waals surface area contributed by atoms with E-state index in [0.717, 1.165) is 30.0 Å². The highest BCUT2D eigenvalue weighted by Gasteiger charge is 2.23. The van der Waals surface area contributed by atoms with Gasteiger partial charge in [0, 0.05) is 18.5 Å². The highest BCUT2D eigenvalue weighted by Crippen LogP contribution is 2.22. The molecule has 6 heteroatoms. The summed E-state index contributed by atoms with van der Waals surface area (Å²) in [7, 11) is -3.56. The summed E-state index contributed by atoms with van der Waals surface area (Å²) >= 11 is 0. The van der Waals surface area contributed by atoms with Crippen LogP contribution < -0.4 is 4.90 Å². The number of carbonyl (C=O) groups excluding carboxylic acids is 1. The van der Waals surface area contributed by atoms with Gasteiger partial charge in [-0.25, -0.2) is 12.8 Å². The molecular formula is C22H20FNO3S. The van der Waals surface area contributed by atoms with Crippen LogP contribution in [0.1, 0.15) is 15.9 Å². The molecule has 0 atom stereocenters. The Labute approximate surface area is 164 Å². The standard InChI is InChI=1S/C22H20FNO3S/c1-28(26,27)19-12-13-21(23)20(16-19)22(25)24(18-10-6-3-7-11-18)15-14-17-8-4-2-5-9-17/h2-13,16H,14-15H2,1H3. The highest BCUT2D eigenvalue weighted by atomic mass is 32.2. The van der Waals surface area contributed by atoms with Crippen LogP contribution in [-0.2, 0) is 16.3 Å². The van der Waals surface area contributed by atoms with Crippen molar-refractivity contribution in [1.82, 2.24) is 0 Å². The number of amides is 1. The number of halogens is 1. The molecule has 4 nitrogen and oxygen atoms in total. The van der Waals surface area contributed by atoms with E-state index in [-0.39, 0.29) is 10.5 Å². The summed E-state index contributed by atoms with van der Waals surface area (Å²) in [5.74, 6) is -1.33. The van der Waals surface area contributed by atoms with E-state index < -0.39 is 21.6 Å². The van der Waals surface area contributed by atoms with Gasteiger partial charge in [-0.3, -0.25) is 4.79 Å². The van der Waals surface area contributed by atoms with E-state index in [9.17, 15) is 17.6 Å². The van der Waals surface area contributed by atoms with Gasteiger partial charge in [0.05, 0.1) is 10.5 Å². The Bertz CT molecular complexity index is 1070. The first-order valence-corrected chi connectivity index (χ1v) is 10.7. The average molecular weight is 397 g/mol. The van der Waals surface area contributed by atoms with Crippen LogP contribution in [-0.4, -0.2) is 27.1 Å². The molecule has 3 rings (SSSR count). The lowest BCUT2D eigenvalue weighted by molar-refractivity contribution is 0.0983. The molecule has 0 N–H and O–H groups in total. The van der Waals surface area contributed by atoms with Crippen molar-refractivity contribution in [1.29, 1.82) is 0 Å². The summed E-state index contributed by atoms with van der Waals surface area (Å²) in [4.78, 5) is 14.5. The van der Waals surface area contributed by atoms with Crippen molar-refractivity contribution in [3.8, 4) is 0 Å². The van der Waals surface area contributed by atoms with Crippen molar-refractivity contribution in [3.63, 3.8) is 0 Å². The summed E-state index contributed by atoms with van der Waals surface area (Å²) in [5.41, 5.74) is 1.40. The van der Waals surface area contributed by atoms with Gasteiger partial charge in [-0.05, 0) is 42.3 Å². The zero-order valence-corrected chi connectivity index (χ0v) is 16.2. The number of sulfone groups is 1. The third kappa shape index (κ3) is 4.64. The van der Waals surface area contributed by atoms with Crippen LogP contribution in [0.3, 0.4) is 0 Å². The summed E-state index contributed by atoms with van der Waals surface area (Å²) < 4.78 is 38.0. The maximum atomic E-state index is 14.4. The molecule has 0 heterocycles. The zero-order valence-electron chi connectivity index (χ0n) is 15.4. The van der Waals surface area contributed by atoms with E-state index in [2.05, 4.69) is 0 Å². The number of rotatable bonds is 6. The van der Waals surface area contributed by atoms with Gasteiger partial charge in [0.1, 0.15) is 5.82 Å². The van der Waals surface area contributed by atoms with E-state index in [1.165, 1.54) is 4.90 Å². The molecule has 3 aromatic carbocycles. The van der Waals surface area contributed by atoms with Gasteiger partial charge in [-0.2, -0.15) is 0 Å². The van der Waals surface area contributed by atoms with E-state index >= 15 is 0 Å². The van der Waals surface area contributed by atoms with Crippen LogP contribution in [0.4, 0.5) is 10.1 Å². The van der Waals surface area contributed by atoms with Gasteiger partial charge in [-0.15, -0.1) is 0 Å². The van der Waals surface area contributed by atoms with Crippen LogP contribution in [0.2, 0.25) is 0 Å². The van der Waals surface area contributed by atoms with Crippen LogP contribution in [0.5, 0.6) is 0 Å². The molecule has 144 valence electrons. The first kappa shape index (κ1) is 19.8. The number of nitrogens with zero attached hydrogens (tertiary/aromatic N) is 1. The second-order valence-electron chi connectivity index (χ2n) is 6.44. The van der Waals surface area contributed by atoms with Gasteiger partial charge in [0.2, 0.25) is 0 Å². The van der Waals surface area contributed by atoms with Crippen LogP contribution in [0, 0.1) is 5.82 Å². The smallest absolute Gasteiger partial charge is 0.261 e. The number of para-hydroxylation sites is 1. The van der Waals surface area contributed by atoms with Crippen molar-refractivity contribution in [2.75, 3.05) is 17.7 Å². The van der Waals surface area contributed by atoms with Gasteiger partial charge in [-0.1, -0.05) is 48.5 Å². The minimum Gasteiger partial charge on any atom is -0.308 e. The lowest BCUT2D eigenvalue weighted by Gasteiger charge is -2.23.